The molecule has 1 heterocycles. The molecule has 1 rings (SSSR count). The molecule has 1 aromatic rings. The molecule has 0 unspecified atom stereocenters. The summed E-state index contributed by atoms with van der Waals surface area (Å²) in [6.07, 6.45) is 1.88. The summed E-state index contributed by atoms with van der Waals surface area (Å²) in [5.74, 6) is -1.69. The number of rotatable bonds is 9. The highest BCUT2D eigenvalue weighted by molar-refractivity contribution is 5.87. The molecule has 0 bridgehead atoms. The number of aromatic nitrogens is 2. The molecule has 0 aliphatic carbocycles. The van der Waals surface area contributed by atoms with Crippen LogP contribution >= 0.6 is 0 Å². The van der Waals surface area contributed by atoms with Crippen molar-refractivity contribution in [2.45, 2.75) is 13.0 Å². The number of nitrogens with two attached hydrogens (primary N) is 1. The Morgan fingerprint density at radius 3 is 2.87 bits per heavy atom. The van der Waals surface area contributed by atoms with Crippen LogP contribution in [0.4, 0.5) is 0 Å². The van der Waals surface area contributed by atoms with Crippen molar-refractivity contribution in [2.75, 3.05) is 26.7 Å². The van der Waals surface area contributed by atoms with Crippen LogP contribution in [-0.4, -0.2) is 59.2 Å². The Kier molecular flexibility index (Phi) is 7.08. The minimum atomic E-state index is -0.673. The average molecular weight is 323 g/mol. The second kappa shape index (κ2) is 9.05. The van der Waals surface area contributed by atoms with Crippen molar-refractivity contribution < 1.29 is 19.1 Å². The third-order valence-corrected chi connectivity index (χ3v) is 2.88. The van der Waals surface area contributed by atoms with Gasteiger partial charge in [-0.15, -0.1) is 0 Å². The first kappa shape index (κ1) is 18.0. The lowest BCUT2D eigenvalue weighted by molar-refractivity contribution is -0.134. The van der Waals surface area contributed by atoms with Crippen molar-refractivity contribution in [3.8, 4) is 0 Å². The molecule has 2 amide bonds. The summed E-state index contributed by atoms with van der Waals surface area (Å²) in [4.78, 5) is 38.0. The van der Waals surface area contributed by atoms with Gasteiger partial charge in [0.2, 0.25) is 11.8 Å². The van der Waals surface area contributed by atoms with E-state index in [1.807, 2.05) is 0 Å². The zero-order valence-corrected chi connectivity index (χ0v) is 12.6. The third kappa shape index (κ3) is 5.67. The van der Waals surface area contributed by atoms with E-state index in [1.165, 1.54) is 29.0 Å². The Morgan fingerprint density at radius 2 is 2.26 bits per heavy atom. The van der Waals surface area contributed by atoms with E-state index >= 15 is 0 Å². The van der Waals surface area contributed by atoms with Gasteiger partial charge in [-0.1, -0.05) is 5.11 Å². The van der Waals surface area contributed by atoms with Crippen LogP contribution in [-0.2, 0) is 20.9 Å². The van der Waals surface area contributed by atoms with Gasteiger partial charge >= 0.3 is 5.97 Å². The summed E-state index contributed by atoms with van der Waals surface area (Å²) >= 11 is 0. The van der Waals surface area contributed by atoms with Crippen LogP contribution in [0.5, 0.6) is 0 Å². The molecular weight excluding hydrogens is 306 g/mol. The lowest BCUT2D eigenvalue weighted by atomic mass is 10.3. The van der Waals surface area contributed by atoms with Crippen LogP contribution < -0.4 is 5.73 Å². The number of amides is 2. The lowest BCUT2D eigenvalue weighted by Gasteiger charge is -2.20. The summed E-state index contributed by atoms with van der Waals surface area (Å²) in [5, 5.41) is 7.16. The van der Waals surface area contributed by atoms with Gasteiger partial charge in [0.25, 0.3) is 0 Å². The fraction of sp³-hybridized carbons (Fsp3) is 0.500. The second-order valence-corrected chi connectivity index (χ2v) is 4.46. The summed E-state index contributed by atoms with van der Waals surface area (Å²) in [6.45, 7) is -0.133. The largest absolute Gasteiger partial charge is 0.464 e. The fourth-order valence-corrected chi connectivity index (χ4v) is 1.87. The van der Waals surface area contributed by atoms with E-state index in [-0.39, 0.29) is 25.3 Å². The maximum absolute atomic E-state index is 11.8. The molecule has 0 saturated carbocycles. The smallest absolute Gasteiger partial charge is 0.356 e. The zero-order chi connectivity index (χ0) is 17.2. The van der Waals surface area contributed by atoms with Crippen molar-refractivity contribution >= 4 is 17.8 Å². The molecule has 1 aromatic heterocycles. The quantitative estimate of drug-likeness (QED) is 0.285. The van der Waals surface area contributed by atoms with Crippen molar-refractivity contribution in [1.29, 1.82) is 0 Å². The average Bonchev–Trinajstić information content (AvgIpc) is 2.98. The summed E-state index contributed by atoms with van der Waals surface area (Å²) in [6, 6.07) is 1.51. The molecule has 23 heavy (non-hydrogen) atoms. The summed E-state index contributed by atoms with van der Waals surface area (Å²) in [7, 11) is 1.27. The molecule has 0 atom stereocenters. The standard InChI is InChI=1S/C12H17N7O4/c1-23-12(22)9-3-4-16-19(9)6-2-5-18(8-10(13)20)11(21)7-15-17-14/h3-4H,2,5-8H2,1H3,(H2,13,20). The van der Waals surface area contributed by atoms with Crippen molar-refractivity contribution in [1.82, 2.24) is 14.7 Å². The van der Waals surface area contributed by atoms with E-state index in [1.54, 1.807) is 0 Å². The maximum Gasteiger partial charge on any atom is 0.356 e. The third-order valence-electron chi connectivity index (χ3n) is 2.88. The van der Waals surface area contributed by atoms with Gasteiger partial charge in [-0.05, 0) is 18.0 Å². The van der Waals surface area contributed by atoms with Gasteiger partial charge in [-0.3, -0.25) is 14.3 Å². The van der Waals surface area contributed by atoms with Gasteiger partial charge < -0.3 is 15.4 Å². The summed E-state index contributed by atoms with van der Waals surface area (Å²) < 4.78 is 6.06. The number of azide groups is 1. The number of primary amides is 1. The Bertz CT molecular complexity index is 621. The molecule has 124 valence electrons. The van der Waals surface area contributed by atoms with Gasteiger partial charge in [0.15, 0.2) is 0 Å². The Hall–Kier alpha value is -3.07. The predicted molar refractivity (Wildman–Crippen MR) is 78.0 cm³/mol. The number of methoxy groups -OCH3 is 1. The van der Waals surface area contributed by atoms with Gasteiger partial charge in [-0.25, -0.2) is 4.79 Å². The minimum Gasteiger partial charge on any atom is -0.464 e. The molecule has 0 aromatic carbocycles. The molecule has 2 N–H and O–H groups in total. The monoisotopic (exact) mass is 323 g/mol. The molecule has 0 aliphatic heterocycles. The van der Waals surface area contributed by atoms with E-state index in [2.05, 4.69) is 19.9 Å². The van der Waals surface area contributed by atoms with Crippen LogP contribution in [0.2, 0.25) is 0 Å². The van der Waals surface area contributed by atoms with Crippen LogP contribution in [0.25, 0.3) is 10.4 Å². The molecule has 0 aliphatic rings. The van der Waals surface area contributed by atoms with Gasteiger partial charge in [0.1, 0.15) is 12.2 Å². The Labute approximate surface area is 131 Å². The number of carbonyl (C=O) groups excluding carboxylic acids is 3. The zero-order valence-electron chi connectivity index (χ0n) is 12.6. The number of esters is 1. The predicted octanol–water partition coefficient (Wildman–Crippen LogP) is -0.316. The number of ether oxygens (including phenoxy) is 1. The SMILES string of the molecule is COC(=O)c1ccnn1CCCN(CC(N)=O)C(=O)CN=[N+]=[N-]. The second-order valence-electron chi connectivity index (χ2n) is 4.46. The van der Waals surface area contributed by atoms with Crippen LogP contribution in [0.3, 0.4) is 0 Å². The van der Waals surface area contributed by atoms with Crippen LogP contribution in [0.1, 0.15) is 16.9 Å². The molecule has 0 saturated heterocycles. The normalized spacial score (nSPS) is 9.78. The number of hydrogen-bond acceptors (Lipinski definition) is 6. The number of nitrogens with zero attached hydrogens (tertiary/aromatic N) is 6. The van der Waals surface area contributed by atoms with Crippen LogP contribution in [0.15, 0.2) is 17.4 Å². The van der Waals surface area contributed by atoms with Crippen molar-refractivity contribution in [3.05, 3.63) is 28.4 Å². The first-order valence-electron chi connectivity index (χ1n) is 6.66. The van der Waals surface area contributed by atoms with Gasteiger partial charge in [0, 0.05) is 24.2 Å². The molecule has 11 nitrogen and oxygen atoms in total. The number of hydrogen-bond donors (Lipinski definition) is 1. The number of aryl methyl sites for hydroxylation is 1. The summed E-state index contributed by atoms with van der Waals surface area (Å²) in [5.41, 5.74) is 13.6. The molecule has 0 spiro atoms. The van der Waals surface area contributed by atoms with Crippen LogP contribution in [0, 0.1) is 0 Å². The number of carbonyl (C=O) groups is 3. The molecule has 11 heteroatoms. The molecular formula is C12H17N7O4. The van der Waals surface area contributed by atoms with Gasteiger partial charge in [-0.2, -0.15) is 5.10 Å². The van der Waals surface area contributed by atoms with Crippen molar-refractivity contribution in [3.63, 3.8) is 0 Å². The highest BCUT2D eigenvalue weighted by Crippen LogP contribution is 2.03. The highest BCUT2D eigenvalue weighted by Gasteiger charge is 2.16. The van der Waals surface area contributed by atoms with E-state index in [0.29, 0.717) is 13.0 Å². The topological polar surface area (TPSA) is 156 Å². The van der Waals surface area contributed by atoms with E-state index < -0.39 is 17.8 Å². The maximum atomic E-state index is 11.8. The lowest BCUT2D eigenvalue weighted by Crippen LogP contribution is -2.40. The van der Waals surface area contributed by atoms with E-state index in [4.69, 9.17) is 11.3 Å². The Morgan fingerprint density at radius 1 is 1.52 bits per heavy atom. The van der Waals surface area contributed by atoms with E-state index in [9.17, 15) is 14.4 Å². The Balaban J connectivity index is 2.63. The first-order chi connectivity index (χ1) is 11.0. The minimum absolute atomic E-state index is 0.198. The van der Waals surface area contributed by atoms with E-state index in [0.717, 1.165) is 0 Å². The fourth-order valence-electron chi connectivity index (χ4n) is 1.87. The van der Waals surface area contributed by atoms with Gasteiger partial charge in [0.05, 0.1) is 13.7 Å². The molecule has 0 fully saturated rings. The van der Waals surface area contributed by atoms with Crippen molar-refractivity contribution in [2.24, 2.45) is 10.8 Å². The highest BCUT2D eigenvalue weighted by atomic mass is 16.5. The molecule has 0 radical (unpaired) electrons. The first-order valence-corrected chi connectivity index (χ1v) is 6.66.